The molecular formula is C13H25N3O2. The maximum absolute atomic E-state index is 12.0. The summed E-state index contributed by atoms with van der Waals surface area (Å²) >= 11 is 0. The molecule has 1 fully saturated rings. The van der Waals surface area contributed by atoms with Gasteiger partial charge in [0.25, 0.3) is 0 Å². The minimum atomic E-state index is -0.0383. The summed E-state index contributed by atoms with van der Waals surface area (Å²) in [5.74, 6) is 0.0762. The number of hydrogen-bond acceptors (Lipinski definition) is 3. The number of rotatable bonds is 3. The molecule has 0 atom stereocenters. The van der Waals surface area contributed by atoms with Gasteiger partial charge in [0.2, 0.25) is 11.8 Å². The third kappa shape index (κ3) is 5.04. The molecule has 1 N–H and O–H groups in total. The van der Waals surface area contributed by atoms with Gasteiger partial charge in [-0.2, -0.15) is 0 Å². The highest BCUT2D eigenvalue weighted by Gasteiger charge is 2.23. The van der Waals surface area contributed by atoms with Gasteiger partial charge in [-0.1, -0.05) is 20.8 Å². The highest BCUT2D eigenvalue weighted by molar-refractivity contribution is 5.85. The topological polar surface area (TPSA) is 52.7 Å². The molecule has 0 spiro atoms. The molecule has 0 unspecified atom stereocenters. The lowest BCUT2D eigenvalue weighted by Gasteiger charge is -2.30. The van der Waals surface area contributed by atoms with E-state index in [2.05, 4.69) is 5.32 Å². The molecule has 18 heavy (non-hydrogen) atoms. The second-order valence-electron chi connectivity index (χ2n) is 6.12. The first-order valence-electron chi connectivity index (χ1n) is 6.52. The van der Waals surface area contributed by atoms with E-state index in [1.54, 1.807) is 7.05 Å². The molecular weight excluding hydrogens is 230 g/mol. The maximum atomic E-state index is 12.0. The van der Waals surface area contributed by atoms with Crippen LogP contribution in [0, 0.1) is 5.41 Å². The van der Waals surface area contributed by atoms with Crippen molar-refractivity contribution >= 4 is 11.8 Å². The van der Waals surface area contributed by atoms with Gasteiger partial charge in [0.05, 0.1) is 6.54 Å². The quantitative estimate of drug-likeness (QED) is 0.790. The van der Waals surface area contributed by atoms with Crippen LogP contribution in [-0.2, 0) is 9.59 Å². The van der Waals surface area contributed by atoms with Crippen molar-refractivity contribution in [3.8, 4) is 0 Å². The summed E-state index contributed by atoms with van der Waals surface area (Å²) in [6, 6.07) is 0. The lowest BCUT2D eigenvalue weighted by atomic mass is 9.92. The van der Waals surface area contributed by atoms with E-state index < -0.39 is 0 Å². The average molecular weight is 255 g/mol. The van der Waals surface area contributed by atoms with E-state index in [4.69, 9.17) is 0 Å². The predicted molar refractivity (Wildman–Crippen MR) is 71.2 cm³/mol. The van der Waals surface area contributed by atoms with Gasteiger partial charge in [-0.3, -0.25) is 9.59 Å². The summed E-state index contributed by atoms with van der Waals surface area (Å²) in [5.41, 5.74) is -0.0383. The van der Waals surface area contributed by atoms with Crippen molar-refractivity contribution in [1.29, 1.82) is 0 Å². The van der Waals surface area contributed by atoms with Gasteiger partial charge in [-0.25, -0.2) is 0 Å². The number of nitrogens with zero attached hydrogens (tertiary/aromatic N) is 2. The minimum Gasteiger partial charge on any atom is -0.339 e. The van der Waals surface area contributed by atoms with Crippen molar-refractivity contribution in [2.75, 3.05) is 39.8 Å². The Morgan fingerprint density at radius 1 is 1.22 bits per heavy atom. The Balaban J connectivity index is 2.41. The molecule has 1 aliphatic heterocycles. The SMILES string of the molecule is CN(CC(=O)N1CCNCC1)C(=O)CC(C)(C)C. The number of carbonyl (C=O) groups is 2. The Morgan fingerprint density at radius 2 is 1.78 bits per heavy atom. The van der Waals surface area contributed by atoms with E-state index in [1.807, 2.05) is 25.7 Å². The fourth-order valence-corrected chi connectivity index (χ4v) is 1.89. The molecule has 0 bridgehead atoms. The van der Waals surface area contributed by atoms with Crippen LogP contribution in [-0.4, -0.2) is 61.4 Å². The van der Waals surface area contributed by atoms with Crippen molar-refractivity contribution in [1.82, 2.24) is 15.1 Å². The Morgan fingerprint density at radius 3 is 2.28 bits per heavy atom. The molecule has 1 heterocycles. The summed E-state index contributed by atoms with van der Waals surface area (Å²) in [7, 11) is 1.70. The number of hydrogen-bond donors (Lipinski definition) is 1. The van der Waals surface area contributed by atoms with Gasteiger partial charge in [-0.15, -0.1) is 0 Å². The fourth-order valence-electron chi connectivity index (χ4n) is 1.89. The number of carbonyl (C=O) groups excluding carboxylic acids is 2. The monoisotopic (exact) mass is 255 g/mol. The number of amides is 2. The third-order valence-corrected chi connectivity index (χ3v) is 2.95. The largest absolute Gasteiger partial charge is 0.339 e. The average Bonchev–Trinajstić information content (AvgIpc) is 2.27. The molecule has 0 aromatic carbocycles. The number of nitrogens with one attached hydrogen (secondary N) is 1. The summed E-state index contributed by atoms with van der Waals surface area (Å²) in [6.45, 7) is 9.41. The molecule has 1 saturated heterocycles. The minimum absolute atomic E-state index is 0.0333. The van der Waals surface area contributed by atoms with Crippen LogP contribution in [0.25, 0.3) is 0 Å². The van der Waals surface area contributed by atoms with E-state index in [-0.39, 0.29) is 23.8 Å². The number of likely N-dealkylation sites (N-methyl/N-ethyl adjacent to an activating group) is 1. The second-order valence-corrected chi connectivity index (χ2v) is 6.12. The van der Waals surface area contributed by atoms with Gasteiger partial charge in [0, 0.05) is 39.6 Å². The van der Waals surface area contributed by atoms with Crippen LogP contribution in [0.15, 0.2) is 0 Å². The molecule has 5 nitrogen and oxygen atoms in total. The first-order valence-corrected chi connectivity index (χ1v) is 6.52. The second kappa shape index (κ2) is 6.18. The first kappa shape index (κ1) is 15.0. The zero-order valence-electron chi connectivity index (χ0n) is 12.0. The van der Waals surface area contributed by atoms with Crippen molar-refractivity contribution in [3.05, 3.63) is 0 Å². The van der Waals surface area contributed by atoms with Crippen LogP contribution < -0.4 is 5.32 Å². The van der Waals surface area contributed by atoms with Crippen LogP contribution in [0.5, 0.6) is 0 Å². The maximum Gasteiger partial charge on any atom is 0.242 e. The highest BCUT2D eigenvalue weighted by atomic mass is 16.2. The standard InChI is InChI=1S/C13H25N3O2/c1-13(2,3)9-11(17)15(4)10-12(18)16-7-5-14-6-8-16/h14H,5-10H2,1-4H3. The summed E-state index contributed by atoms with van der Waals surface area (Å²) < 4.78 is 0. The number of piperazine rings is 1. The predicted octanol–water partition coefficient (Wildman–Crippen LogP) is 0.313. The summed E-state index contributed by atoms with van der Waals surface area (Å²) in [6.07, 6.45) is 0.471. The molecule has 1 aliphatic rings. The van der Waals surface area contributed by atoms with Crippen molar-refractivity contribution in [2.24, 2.45) is 5.41 Å². The third-order valence-electron chi connectivity index (χ3n) is 2.95. The van der Waals surface area contributed by atoms with Gasteiger partial charge in [-0.05, 0) is 5.41 Å². The lowest BCUT2D eigenvalue weighted by Crippen LogP contribution is -2.50. The van der Waals surface area contributed by atoms with Crippen LogP contribution in [0.3, 0.4) is 0 Å². The smallest absolute Gasteiger partial charge is 0.242 e. The fraction of sp³-hybridized carbons (Fsp3) is 0.846. The first-order chi connectivity index (χ1) is 8.29. The lowest BCUT2D eigenvalue weighted by molar-refractivity contribution is -0.140. The summed E-state index contributed by atoms with van der Waals surface area (Å²) in [5, 5.41) is 3.20. The van der Waals surface area contributed by atoms with Gasteiger partial charge in [0.1, 0.15) is 0 Å². The van der Waals surface area contributed by atoms with Crippen LogP contribution in [0.4, 0.5) is 0 Å². The van der Waals surface area contributed by atoms with E-state index in [0.717, 1.165) is 26.2 Å². The molecule has 104 valence electrons. The van der Waals surface area contributed by atoms with Gasteiger partial charge in [0.15, 0.2) is 0 Å². The van der Waals surface area contributed by atoms with Gasteiger partial charge >= 0.3 is 0 Å². The molecule has 0 aliphatic carbocycles. The van der Waals surface area contributed by atoms with Crippen molar-refractivity contribution in [2.45, 2.75) is 27.2 Å². The zero-order chi connectivity index (χ0) is 13.8. The molecule has 5 heteroatoms. The molecule has 0 saturated carbocycles. The van der Waals surface area contributed by atoms with Crippen molar-refractivity contribution in [3.63, 3.8) is 0 Å². The molecule has 0 aromatic heterocycles. The normalized spacial score (nSPS) is 16.6. The molecule has 0 radical (unpaired) electrons. The van der Waals surface area contributed by atoms with E-state index in [9.17, 15) is 9.59 Å². The van der Waals surface area contributed by atoms with Crippen LogP contribution >= 0.6 is 0 Å². The Labute approximate surface area is 110 Å². The van der Waals surface area contributed by atoms with Gasteiger partial charge < -0.3 is 15.1 Å². The molecule has 1 rings (SSSR count). The zero-order valence-corrected chi connectivity index (χ0v) is 12.0. The van der Waals surface area contributed by atoms with Crippen LogP contribution in [0.1, 0.15) is 27.2 Å². The Kier molecular flexibility index (Phi) is 5.14. The van der Waals surface area contributed by atoms with E-state index in [1.165, 1.54) is 4.90 Å². The molecule has 2 amide bonds. The van der Waals surface area contributed by atoms with E-state index in [0.29, 0.717) is 6.42 Å². The Hall–Kier alpha value is -1.10. The summed E-state index contributed by atoms with van der Waals surface area (Å²) in [4.78, 5) is 27.3. The highest BCUT2D eigenvalue weighted by Crippen LogP contribution is 2.19. The van der Waals surface area contributed by atoms with Crippen LogP contribution in [0.2, 0.25) is 0 Å². The molecule has 0 aromatic rings. The van der Waals surface area contributed by atoms with Crippen molar-refractivity contribution < 1.29 is 9.59 Å². The van der Waals surface area contributed by atoms with E-state index >= 15 is 0 Å². The Bertz CT molecular complexity index is 304.